The van der Waals surface area contributed by atoms with Gasteiger partial charge in [-0.2, -0.15) is 0 Å². The minimum atomic E-state index is 0.194. The molecule has 6 aromatic rings. The van der Waals surface area contributed by atoms with Crippen LogP contribution in [0.4, 0.5) is 0 Å². The van der Waals surface area contributed by atoms with Crippen molar-refractivity contribution in [2.45, 2.75) is 39.5 Å². The molecule has 0 aliphatic carbocycles. The van der Waals surface area contributed by atoms with Crippen molar-refractivity contribution in [1.82, 2.24) is 9.97 Å². The Balaban J connectivity index is 1.55. The third-order valence-corrected chi connectivity index (χ3v) is 7.85. The second kappa shape index (κ2) is 12.6. The van der Waals surface area contributed by atoms with E-state index in [0.717, 1.165) is 39.2 Å². The quantitative estimate of drug-likeness (QED) is 0.196. The molecular formula is C40H36N2O2. The minimum absolute atomic E-state index is 0.194. The Hall–Kier alpha value is -5.22. The molecule has 0 saturated heterocycles. The van der Waals surface area contributed by atoms with Gasteiger partial charge in [-0.25, -0.2) is 9.97 Å². The molecule has 0 atom stereocenters. The van der Waals surface area contributed by atoms with Crippen molar-refractivity contribution in [3.8, 4) is 62.1 Å². The maximum Gasteiger partial charge on any atom is 0.219 e. The summed E-state index contributed by atoms with van der Waals surface area (Å²) in [4.78, 5) is 9.61. The zero-order valence-electron chi connectivity index (χ0n) is 25.5. The molecule has 2 aromatic heterocycles. The summed E-state index contributed by atoms with van der Waals surface area (Å²) in [5, 5.41) is 11.0. The Kier molecular flexibility index (Phi) is 8.25. The number of ether oxygens (including phenoxy) is 1. The standard InChI is InChI=1S/C40H36N2O2/c1-26(2)29-20-30(27(3)4)22-32(21-29)35-17-18-37(42-40(35)36-14-8-9-15-38(36)43)33-23-31(28-12-6-5-7-13-28)24-34(25-33)44-39-16-10-11-19-41-39/h5-27,43H,1-4H3. The van der Waals surface area contributed by atoms with Crippen LogP contribution in [0.1, 0.15) is 50.7 Å². The fourth-order valence-electron chi connectivity index (χ4n) is 5.36. The highest BCUT2D eigenvalue weighted by molar-refractivity contribution is 5.86. The van der Waals surface area contributed by atoms with Crippen LogP contribution in [-0.2, 0) is 0 Å². The fourth-order valence-corrected chi connectivity index (χ4v) is 5.36. The lowest BCUT2D eigenvalue weighted by Gasteiger charge is -2.18. The zero-order chi connectivity index (χ0) is 30.6. The van der Waals surface area contributed by atoms with Crippen LogP contribution < -0.4 is 4.74 Å². The third-order valence-electron chi connectivity index (χ3n) is 7.85. The topological polar surface area (TPSA) is 55.2 Å². The summed E-state index contributed by atoms with van der Waals surface area (Å²) in [5.41, 5.74) is 9.82. The number of rotatable bonds is 8. The average molecular weight is 577 g/mol. The molecular weight excluding hydrogens is 540 g/mol. The molecule has 4 nitrogen and oxygen atoms in total. The molecule has 44 heavy (non-hydrogen) atoms. The molecule has 0 unspecified atom stereocenters. The van der Waals surface area contributed by atoms with Gasteiger partial charge in [0, 0.05) is 29.0 Å². The first-order chi connectivity index (χ1) is 21.4. The lowest BCUT2D eigenvalue weighted by Crippen LogP contribution is -1.98. The number of phenols is 1. The summed E-state index contributed by atoms with van der Waals surface area (Å²) in [6, 6.07) is 40.4. The van der Waals surface area contributed by atoms with E-state index in [1.165, 1.54) is 11.1 Å². The number of aromatic nitrogens is 2. The van der Waals surface area contributed by atoms with E-state index in [-0.39, 0.29) is 5.75 Å². The van der Waals surface area contributed by atoms with Gasteiger partial charge in [-0.3, -0.25) is 0 Å². The van der Waals surface area contributed by atoms with Gasteiger partial charge in [0.15, 0.2) is 0 Å². The van der Waals surface area contributed by atoms with Crippen LogP contribution in [0.25, 0.3) is 44.8 Å². The van der Waals surface area contributed by atoms with Crippen molar-refractivity contribution in [1.29, 1.82) is 0 Å². The summed E-state index contributed by atoms with van der Waals surface area (Å²) in [7, 11) is 0. The highest BCUT2D eigenvalue weighted by Crippen LogP contribution is 2.40. The SMILES string of the molecule is CC(C)c1cc(-c2ccc(-c3cc(Oc4ccccn4)cc(-c4ccccc4)c3)nc2-c2ccccc2O)cc(C(C)C)c1. The van der Waals surface area contributed by atoms with Crippen LogP contribution in [0.15, 0.2) is 128 Å². The van der Waals surface area contributed by atoms with E-state index in [1.807, 2.05) is 66.7 Å². The van der Waals surface area contributed by atoms with Crippen molar-refractivity contribution in [3.63, 3.8) is 0 Å². The van der Waals surface area contributed by atoms with Crippen LogP contribution in [0.2, 0.25) is 0 Å². The first-order valence-electron chi connectivity index (χ1n) is 15.1. The first-order valence-corrected chi connectivity index (χ1v) is 15.1. The Morgan fingerprint density at radius 3 is 1.93 bits per heavy atom. The number of nitrogens with zero attached hydrogens (tertiary/aromatic N) is 2. The summed E-state index contributed by atoms with van der Waals surface area (Å²) >= 11 is 0. The van der Waals surface area contributed by atoms with Gasteiger partial charge in [0.05, 0.1) is 11.4 Å². The van der Waals surface area contributed by atoms with Gasteiger partial charge in [-0.05, 0) is 82.1 Å². The van der Waals surface area contributed by atoms with Crippen molar-refractivity contribution >= 4 is 0 Å². The van der Waals surface area contributed by atoms with Gasteiger partial charge in [-0.15, -0.1) is 0 Å². The van der Waals surface area contributed by atoms with Gasteiger partial charge in [0.25, 0.3) is 0 Å². The maximum atomic E-state index is 11.0. The number of aromatic hydroxyl groups is 1. The molecule has 0 spiro atoms. The number of benzene rings is 4. The number of hydrogen-bond acceptors (Lipinski definition) is 4. The lowest BCUT2D eigenvalue weighted by molar-refractivity contribution is 0.463. The van der Waals surface area contributed by atoms with E-state index in [9.17, 15) is 5.11 Å². The van der Waals surface area contributed by atoms with Gasteiger partial charge >= 0.3 is 0 Å². The van der Waals surface area contributed by atoms with Crippen LogP contribution >= 0.6 is 0 Å². The van der Waals surface area contributed by atoms with Gasteiger partial charge < -0.3 is 9.84 Å². The molecule has 4 aromatic carbocycles. The van der Waals surface area contributed by atoms with Gasteiger partial charge in [0.1, 0.15) is 11.5 Å². The summed E-state index contributed by atoms with van der Waals surface area (Å²) in [5.74, 6) is 2.15. The molecule has 0 aliphatic rings. The number of hydrogen-bond donors (Lipinski definition) is 1. The smallest absolute Gasteiger partial charge is 0.219 e. The third kappa shape index (κ3) is 6.25. The van der Waals surface area contributed by atoms with Crippen molar-refractivity contribution < 1.29 is 9.84 Å². The highest BCUT2D eigenvalue weighted by atomic mass is 16.5. The molecule has 218 valence electrons. The average Bonchev–Trinajstić information content (AvgIpc) is 3.05. The fraction of sp³-hybridized carbons (Fsp3) is 0.150. The maximum absolute atomic E-state index is 11.0. The summed E-state index contributed by atoms with van der Waals surface area (Å²) < 4.78 is 6.22. The first kappa shape index (κ1) is 28.9. The number of para-hydroxylation sites is 1. The van der Waals surface area contributed by atoms with Crippen molar-refractivity contribution in [3.05, 3.63) is 139 Å². The summed E-state index contributed by atoms with van der Waals surface area (Å²) in [6.07, 6.45) is 1.72. The monoisotopic (exact) mass is 576 g/mol. The van der Waals surface area contributed by atoms with E-state index in [1.54, 1.807) is 12.3 Å². The van der Waals surface area contributed by atoms with Crippen LogP contribution in [0, 0.1) is 0 Å². The number of pyridine rings is 2. The molecule has 0 fully saturated rings. The Bertz CT molecular complexity index is 1870. The summed E-state index contributed by atoms with van der Waals surface area (Å²) in [6.45, 7) is 8.88. The second-order valence-electron chi connectivity index (χ2n) is 11.7. The van der Waals surface area contributed by atoms with E-state index >= 15 is 0 Å². The van der Waals surface area contributed by atoms with E-state index in [0.29, 0.717) is 29.0 Å². The Morgan fingerprint density at radius 1 is 0.568 bits per heavy atom. The molecule has 0 aliphatic heterocycles. The molecule has 0 amide bonds. The van der Waals surface area contributed by atoms with Gasteiger partial charge in [-0.1, -0.05) is 100 Å². The Labute approximate surface area is 259 Å². The number of phenolic OH excluding ortho intramolecular Hbond substituents is 1. The normalized spacial score (nSPS) is 11.2. The molecule has 4 heteroatoms. The molecule has 0 saturated carbocycles. The van der Waals surface area contributed by atoms with E-state index < -0.39 is 0 Å². The second-order valence-corrected chi connectivity index (χ2v) is 11.7. The van der Waals surface area contributed by atoms with Gasteiger partial charge in [0.2, 0.25) is 5.88 Å². The van der Waals surface area contributed by atoms with Crippen LogP contribution in [0.5, 0.6) is 17.4 Å². The van der Waals surface area contributed by atoms with E-state index in [2.05, 4.69) is 81.2 Å². The van der Waals surface area contributed by atoms with Crippen molar-refractivity contribution in [2.75, 3.05) is 0 Å². The molecule has 6 rings (SSSR count). The predicted octanol–water partition coefficient (Wildman–Crippen LogP) is 10.9. The van der Waals surface area contributed by atoms with Crippen molar-refractivity contribution in [2.24, 2.45) is 0 Å². The molecule has 2 heterocycles. The van der Waals surface area contributed by atoms with E-state index in [4.69, 9.17) is 9.72 Å². The largest absolute Gasteiger partial charge is 0.507 e. The molecule has 0 radical (unpaired) electrons. The van der Waals surface area contributed by atoms with Crippen LogP contribution in [-0.4, -0.2) is 15.1 Å². The predicted molar refractivity (Wildman–Crippen MR) is 180 cm³/mol. The lowest BCUT2D eigenvalue weighted by atomic mass is 9.89. The zero-order valence-corrected chi connectivity index (χ0v) is 25.5. The highest BCUT2D eigenvalue weighted by Gasteiger charge is 2.18. The Morgan fingerprint density at radius 2 is 1.25 bits per heavy atom. The van der Waals surface area contributed by atoms with Crippen LogP contribution in [0.3, 0.4) is 0 Å². The molecule has 1 N–H and O–H groups in total. The molecule has 0 bridgehead atoms. The minimum Gasteiger partial charge on any atom is -0.507 e.